The topological polar surface area (TPSA) is 65.2 Å². The Morgan fingerprint density at radius 3 is 1.38 bits per heavy atom. The average molecular weight is 840 g/mol. The molecule has 0 amide bonds. The standard InChI is InChI=1S/C36H24N2O2S4.Pt/c39-31-15-13-27(41-35-19-23-7-1-5-11-33(23)43-35)17-25(31)21-37-29-9-3-4-10-30(29)38-22-26-18-28(14-16-32(26)40)42-36-20-24-8-2-6-12-34(24)44-36;/h1-22,39-40H;. The first-order valence-electron chi connectivity index (χ1n) is 13.7. The third-order valence-corrected chi connectivity index (χ3v) is 11.2. The van der Waals surface area contributed by atoms with Gasteiger partial charge in [0.2, 0.25) is 0 Å². The van der Waals surface area contributed by atoms with E-state index >= 15 is 0 Å². The van der Waals surface area contributed by atoms with Crippen molar-refractivity contribution < 1.29 is 31.3 Å². The van der Waals surface area contributed by atoms with Crippen molar-refractivity contribution in [2.75, 3.05) is 0 Å². The first-order valence-corrected chi connectivity index (χ1v) is 17.0. The Bertz CT molecular complexity index is 1970. The Balaban J connectivity index is 0.00000357. The Hall–Kier alpha value is -3.65. The van der Waals surface area contributed by atoms with Crippen LogP contribution in [0.15, 0.2) is 150 Å². The fourth-order valence-electron chi connectivity index (χ4n) is 4.61. The number of nitrogens with zero attached hydrogens (tertiary/aromatic N) is 2. The van der Waals surface area contributed by atoms with E-state index in [9.17, 15) is 10.2 Å². The Morgan fingerprint density at radius 2 is 0.933 bits per heavy atom. The molecule has 0 fully saturated rings. The number of fused-ring (bicyclic) bond motifs is 2. The third kappa shape index (κ3) is 7.43. The van der Waals surface area contributed by atoms with Crippen LogP contribution in [-0.4, -0.2) is 22.6 Å². The van der Waals surface area contributed by atoms with Gasteiger partial charge in [0, 0.05) is 63.8 Å². The molecule has 7 rings (SSSR count). The van der Waals surface area contributed by atoms with Crippen molar-refractivity contribution in [1.29, 1.82) is 0 Å². The molecule has 224 valence electrons. The predicted octanol–water partition coefficient (Wildman–Crippen LogP) is 11.3. The van der Waals surface area contributed by atoms with Gasteiger partial charge in [0.25, 0.3) is 0 Å². The maximum absolute atomic E-state index is 10.6. The maximum Gasteiger partial charge on any atom is 0.124 e. The number of rotatable bonds is 8. The van der Waals surface area contributed by atoms with E-state index in [2.05, 4.69) is 58.5 Å². The minimum Gasteiger partial charge on any atom is -0.507 e. The van der Waals surface area contributed by atoms with Gasteiger partial charge >= 0.3 is 0 Å². The van der Waals surface area contributed by atoms with Crippen LogP contribution in [0.1, 0.15) is 11.1 Å². The minimum absolute atomic E-state index is 0. The van der Waals surface area contributed by atoms with Crippen LogP contribution in [0.4, 0.5) is 11.4 Å². The summed E-state index contributed by atoms with van der Waals surface area (Å²) in [4.78, 5) is 11.4. The molecule has 0 aliphatic heterocycles. The first kappa shape index (κ1) is 31.3. The van der Waals surface area contributed by atoms with Gasteiger partial charge in [-0.2, -0.15) is 0 Å². The summed E-state index contributed by atoms with van der Waals surface area (Å²) >= 11 is 6.84. The van der Waals surface area contributed by atoms with E-state index in [1.165, 1.54) is 28.6 Å². The van der Waals surface area contributed by atoms with Gasteiger partial charge in [0.15, 0.2) is 0 Å². The van der Waals surface area contributed by atoms with Gasteiger partial charge in [-0.05, 0) is 83.6 Å². The Kier molecular flexibility index (Phi) is 9.88. The number of hydrogen-bond acceptors (Lipinski definition) is 8. The molecule has 7 aromatic rings. The molecule has 45 heavy (non-hydrogen) atoms. The normalized spacial score (nSPS) is 11.6. The second kappa shape index (κ2) is 14.2. The molecule has 0 aliphatic rings. The number of phenolic OH excluding ortho intramolecular Hbond substituents is 2. The van der Waals surface area contributed by atoms with E-state index in [0.717, 1.165) is 9.79 Å². The molecule has 0 unspecified atom stereocenters. The van der Waals surface area contributed by atoms with Gasteiger partial charge in [0.1, 0.15) is 11.5 Å². The number of phenols is 2. The predicted molar refractivity (Wildman–Crippen MR) is 189 cm³/mol. The molecule has 2 heterocycles. The first-order chi connectivity index (χ1) is 21.6. The van der Waals surface area contributed by atoms with E-state index in [-0.39, 0.29) is 32.6 Å². The minimum atomic E-state index is 0. The van der Waals surface area contributed by atoms with Crippen LogP contribution in [-0.2, 0) is 21.1 Å². The second-order valence-electron chi connectivity index (χ2n) is 9.86. The summed E-state index contributed by atoms with van der Waals surface area (Å²) in [6.07, 6.45) is 3.33. The number of aromatic hydroxyl groups is 2. The van der Waals surface area contributed by atoms with Crippen molar-refractivity contribution in [2.45, 2.75) is 18.2 Å². The fourth-order valence-corrected chi connectivity index (χ4v) is 9.13. The maximum atomic E-state index is 10.6. The van der Waals surface area contributed by atoms with E-state index in [1.54, 1.807) is 70.8 Å². The molecule has 2 N–H and O–H groups in total. The van der Waals surface area contributed by atoms with Gasteiger partial charge in [0.05, 0.1) is 19.8 Å². The monoisotopic (exact) mass is 839 g/mol. The van der Waals surface area contributed by atoms with Crippen LogP contribution in [0.3, 0.4) is 0 Å². The molecule has 0 atom stereocenters. The van der Waals surface area contributed by atoms with Crippen molar-refractivity contribution >= 4 is 90.2 Å². The molecule has 2 aromatic heterocycles. The molecule has 0 spiro atoms. The molecular weight excluding hydrogens is 816 g/mol. The summed E-state index contributed by atoms with van der Waals surface area (Å²) < 4.78 is 4.88. The van der Waals surface area contributed by atoms with Gasteiger partial charge < -0.3 is 10.2 Å². The zero-order valence-corrected chi connectivity index (χ0v) is 29.0. The van der Waals surface area contributed by atoms with Crippen LogP contribution >= 0.6 is 46.2 Å². The molecule has 9 heteroatoms. The summed E-state index contributed by atoms with van der Waals surface area (Å²) in [6.45, 7) is 0. The zero-order valence-electron chi connectivity index (χ0n) is 23.4. The fraction of sp³-hybridized carbons (Fsp3) is 0. The zero-order chi connectivity index (χ0) is 29.9. The van der Waals surface area contributed by atoms with Crippen LogP contribution in [0.25, 0.3) is 20.2 Å². The van der Waals surface area contributed by atoms with Crippen molar-refractivity contribution in [3.8, 4) is 11.5 Å². The van der Waals surface area contributed by atoms with Gasteiger partial charge in [-0.1, -0.05) is 72.1 Å². The van der Waals surface area contributed by atoms with Crippen molar-refractivity contribution in [3.05, 3.63) is 132 Å². The summed E-state index contributed by atoms with van der Waals surface area (Å²) in [6, 6.07) is 39.8. The van der Waals surface area contributed by atoms with Gasteiger partial charge in [-0.15, -0.1) is 22.7 Å². The Labute approximate surface area is 291 Å². The van der Waals surface area contributed by atoms with E-state index < -0.39 is 0 Å². The smallest absolute Gasteiger partial charge is 0.124 e. The number of aliphatic imine (C=N–C) groups is 2. The quantitative estimate of drug-likeness (QED) is 0.150. The average Bonchev–Trinajstić information content (AvgIpc) is 3.65. The molecule has 0 aliphatic carbocycles. The SMILES string of the molecule is Oc1ccc(Sc2cc3ccccc3s2)cc1C=Nc1ccccc1N=Cc1cc(Sc2cc3ccccc3s2)ccc1O.[Pt]. The van der Waals surface area contributed by atoms with Crippen LogP contribution < -0.4 is 0 Å². The number of hydrogen-bond donors (Lipinski definition) is 2. The summed E-state index contributed by atoms with van der Waals surface area (Å²) in [5.41, 5.74) is 2.55. The van der Waals surface area contributed by atoms with E-state index in [1.807, 2.05) is 60.7 Å². The van der Waals surface area contributed by atoms with Crippen molar-refractivity contribution in [3.63, 3.8) is 0 Å². The molecule has 0 radical (unpaired) electrons. The molecule has 0 saturated carbocycles. The van der Waals surface area contributed by atoms with Crippen LogP contribution in [0, 0.1) is 0 Å². The van der Waals surface area contributed by atoms with Gasteiger partial charge in [-0.25, -0.2) is 0 Å². The molecule has 5 aromatic carbocycles. The van der Waals surface area contributed by atoms with Crippen LogP contribution in [0.5, 0.6) is 11.5 Å². The number of benzene rings is 5. The number of thiophene rings is 2. The summed E-state index contributed by atoms with van der Waals surface area (Å²) in [5.74, 6) is 0.321. The number of para-hydroxylation sites is 2. The van der Waals surface area contributed by atoms with E-state index in [0.29, 0.717) is 22.5 Å². The van der Waals surface area contributed by atoms with Gasteiger partial charge in [-0.3, -0.25) is 9.98 Å². The molecular formula is C36H24N2O2PtS4. The largest absolute Gasteiger partial charge is 0.507 e. The van der Waals surface area contributed by atoms with Crippen molar-refractivity contribution in [2.24, 2.45) is 9.98 Å². The molecule has 0 bridgehead atoms. The third-order valence-electron chi connectivity index (χ3n) is 6.81. The van der Waals surface area contributed by atoms with Crippen molar-refractivity contribution in [1.82, 2.24) is 0 Å². The van der Waals surface area contributed by atoms with Crippen LogP contribution in [0.2, 0.25) is 0 Å². The second-order valence-corrected chi connectivity index (χ2v) is 14.8. The summed E-state index contributed by atoms with van der Waals surface area (Å²) in [5, 5.41) is 23.6. The molecule has 0 saturated heterocycles. The molecule has 4 nitrogen and oxygen atoms in total. The summed E-state index contributed by atoms with van der Waals surface area (Å²) in [7, 11) is 0. The van der Waals surface area contributed by atoms with E-state index in [4.69, 9.17) is 0 Å². The Morgan fingerprint density at radius 1 is 0.511 bits per heavy atom.